The van der Waals surface area contributed by atoms with E-state index >= 15 is 0 Å². The van der Waals surface area contributed by atoms with E-state index in [1.54, 1.807) is 0 Å². The van der Waals surface area contributed by atoms with Gasteiger partial charge >= 0.3 is 5.97 Å². The summed E-state index contributed by atoms with van der Waals surface area (Å²) in [4.78, 5) is 11.1. The summed E-state index contributed by atoms with van der Waals surface area (Å²) in [5, 5.41) is 9.08. The molecule has 0 bridgehead atoms. The highest BCUT2D eigenvalue weighted by Crippen LogP contribution is 2.17. The van der Waals surface area contributed by atoms with E-state index in [0.29, 0.717) is 6.42 Å². The smallest absolute Gasteiger partial charge is 0.321 e. The summed E-state index contributed by atoms with van der Waals surface area (Å²) >= 11 is 3.36. The fraction of sp³-hybridized carbons (Fsp3) is 0.500. The standard InChI is InChI=1S/C14H20BrNO4S/c1-10(2)9-13(14(17)18)16-21(19,20)8-7-11-5-3-4-6-12(11)15/h3-6,10,13,16H,7-9H2,1-2H3,(H,17,18). The predicted octanol–water partition coefficient (Wildman–Crippen LogP) is 2.41. The molecule has 0 radical (unpaired) electrons. The average Bonchev–Trinajstić information content (AvgIpc) is 2.36. The van der Waals surface area contributed by atoms with Crippen molar-refractivity contribution in [3.63, 3.8) is 0 Å². The highest BCUT2D eigenvalue weighted by atomic mass is 79.9. The van der Waals surface area contributed by atoms with Crippen molar-refractivity contribution in [2.75, 3.05) is 5.75 Å². The molecular formula is C14H20BrNO4S. The number of aliphatic carboxylic acids is 1. The second kappa shape index (κ2) is 7.91. The largest absolute Gasteiger partial charge is 0.480 e. The molecule has 0 aliphatic rings. The molecule has 5 nitrogen and oxygen atoms in total. The molecule has 1 rings (SSSR count). The zero-order valence-electron chi connectivity index (χ0n) is 12.0. The molecule has 0 aromatic heterocycles. The van der Waals surface area contributed by atoms with E-state index < -0.39 is 22.0 Å². The van der Waals surface area contributed by atoms with Crippen LogP contribution in [0.4, 0.5) is 0 Å². The quantitative estimate of drug-likeness (QED) is 0.728. The Morgan fingerprint density at radius 1 is 1.33 bits per heavy atom. The Morgan fingerprint density at radius 3 is 2.48 bits per heavy atom. The Bertz CT molecular complexity index is 586. The first-order valence-electron chi connectivity index (χ1n) is 6.67. The van der Waals surface area contributed by atoms with E-state index in [-0.39, 0.29) is 18.1 Å². The molecule has 0 aliphatic heterocycles. The lowest BCUT2D eigenvalue weighted by atomic mass is 10.1. The second-order valence-corrected chi connectivity index (χ2v) is 8.03. The molecule has 2 N–H and O–H groups in total. The van der Waals surface area contributed by atoms with Gasteiger partial charge in [-0.25, -0.2) is 13.1 Å². The van der Waals surface area contributed by atoms with Gasteiger partial charge in [-0.2, -0.15) is 0 Å². The minimum atomic E-state index is -3.64. The van der Waals surface area contributed by atoms with Gasteiger partial charge in [-0.15, -0.1) is 0 Å². The predicted molar refractivity (Wildman–Crippen MR) is 85.6 cm³/mol. The van der Waals surface area contributed by atoms with Gasteiger partial charge in [-0.1, -0.05) is 48.0 Å². The zero-order valence-corrected chi connectivity index (χ0v) is 14.4. The van der Waals surface area contributed by atoms with Crippen molar-refractivity contribution in [3.05, 3.63) is 34.3 Å². The second-order valence-electron chi connectivity index (χ2n) is 5.30. The van der Waals surface area contributed by atoms with Gasteiger partial charge in [0, 0.05) is 4.47 Å². The van der Waals surface area contributed by atoms with Gasteiger partial charge in [0.1, 0.15) is 6.04 Å². The molecule has 1 unspecified atom stereocenters. The summed E-state index contributed by atoms with van der Waals surface area (Å²) in [6.45, 7) is 3.70. The van der Waals surface area contributed by atoms with Gasteiger partial charge in [0.05, 0.1) is 5.75 Å². The summed E-state index contributed by atoms with van der Waals surface area (Å²) < 4.78 is 27.2. The van der Waals surface area contributed by atoms with Crippen LogP contribution in [0.25, 0.3) is 0 Å². The van der Waals surface area contributed by atoms with Crippen LogP contribution < -0.4 is 4.72 Å². The number of hydrogen-bond donors (Lipinski definition) is 2. The fourth-order valence-electron chi connectivity index (χ4n) is 1.89. The first-order valence-corrected chi connectivity index (χ1v) is 9.12. The average molecular weight is 378 g/mol. The first-order chi connectivity index (χ1) is 9.71. The van der Waals surface area contributed by atoms with Gasteiger partial charge in [0.2, 0.25) is 10.0 Å². The fourth-order valence-corrected chi connectivity index (χ4v) is 3.61. The van der Waals surface area contributed by atoms with Crippen molar-refractivity contribution < 1.29 is 18.3 Å². The molecule has 7 heteroatoms. The number of aryl methyl sites for hydroxylation is 1. The SMILES string of the molecule is CC(C)CC(NS(=O)(=O)CCc1ccccc1Br)C(=O)O. The minimum Gasteiger partial charge on any atom is -0.480 e. The lowest BCUT2D eigenvalue weighted by Gasteiger charge is -2.16. The number of carboxylic acids is 1. The maximum absolute atomic E-state index is 12.0. The Kier molecular flexibility index (Phi) is 6.83. The van der Waals surface area contributed by atoms with E-state index in [1.807, 2.05) is 38.1 Å². The maximum atomic E-state index is 12.0. The monoisotopic (exact) mass is 377 g/mol. The summed E-state index contributed by atoms with van der Waals surface area (Å²) in [5.41, 5.74) is 0.874. The molecule has 0 aliphatic carbocycles. The van der Waals surface area contributed by atoms with Crippen molar-refractivity contribution in [1.29, 1.82) is 0 Å². The van der Waals surface area contributed by atoms with Crippen LogP contribution in [0.3, 0.4) is 0 Å². The van der Waals surface area contributed by atoms with Crippen molar-refractivity contribution in [2.45, 2.75) is 32.7 Å². The zero-order chi connectivity index (χ0) is 16.0. The Labute approximate surface area is 133 Å². The highest BCUT2D eigenvalue weighted by Gasteiger charge is 2.24. The van der Waals surface area contributed by atoms with Crippen LogP contribution in [-0.2, 0) is 21.2 Å². The molecule has 0 saturated carbocycles. The van der Waals surface area contributed by atoms with Gasteiger partial charge in [-0.3, -0.25) is 4.79 Å². The Hall–Kier alpha value is -0.920. The lowest BCUT2D eigenvalue weighted by molar-refractivity contribution is -0.139. The number of rotatable bonds is 8. The minimum absolute atomic E-state index is 0.0945. The summed E-state index contributed by atoms with van der Waals surface area (Å²) in [5.74, 6) is -1.19. The topological polar surface area (TPSA) is 83.5 Å². The van der Waals surface area contributed by atoms with Gasteiger partial charge < -0.3 is 5.11 Å². The van der Waals surface area contributed by atoms with Crippen molar-refractivity contribution in [1.82, 2.24) is 4.72 Å². The number of sulfonamides is 1. The molecule has 1 aromatic carbocycles. The van der Waals surface area contributed by atoms with Crippen LogP contribution in [0.5, 0.6) is 0 Å². The van der Waals surface area contributed by atoms with Crippen molar-refractivity contribution in [3.8, 4) is 0 Å². The third-order valence-electron chi connectivity index (χ3n) is 2.92. The van der Waals surface area contributed by atoms with Crippen LogP contribution in [0, 0.1) is 5.92 Å². The van der Waals surface area contributed by atoms with E-state index in [1.165, 1.54) is 0 Å². The molecular weight excluding hydrogens is 358 g/mol. The van der Waals surface area contributed by atoms with E-state index in [0.717, 1.165) is 10.0 Å². The summed E-state index contributed by atoms with van der Waals surface area (Å²) in [6.07, 6.45) is 0.592. The number of carbonyl (C=O) groups is 1. The third-order valence-corrected chi connectivity index (χ3v) is 5.08. The molecule has 1 aromatic rings. The van der Waals surface area contributed by atoms with Gasteiger partial charge in [-0.05, 0) is 30.4 Å². The molecule has 21 heavy (non-hydrogen) atoms. The van der Waals surface area contributed by atoms with Crippen LogP contribution >= 0.6 is 15.9 Å². The molecule has 0 amide bonds. The van der Waals surface area contributed by atoms with E-state index in [2.05, 4.69) is 20.7 Å². The maximum Gasteiger partial charge on any atom is 0.321 e. The van der Waals surface area contributed by atoms with Crippen LogP contribution in [-0.4, -0.2) is 31.3 Å². The van der Waals surface area contributed by atoms with Crippen molar-refractivity contribution in [2.24, 2.45) is 5.92 Å². The van der Waals surface area contributed by atoms with E-state index in [9.17, 15) is 13.2 Å². The molecule has 118 valence electrons. The molecule has 0 saturated heterocycles. The van der Waals surface area contributed by atoms with Crippen molar-refractivity contribution >= 4 is 31.9 Å². The number of hydrogen-bond acceptors (Lipinski definition) is 3. The molecule has 0 fully saturated rings. The molecule has 0 heterocycles. The highest BCUT2D eigenvalue weighted by molar-refractivity contribution is 9.10. The lowest BCUT2D eigenvalue weighted by Crippen LogP contribution is -2.42. The summed E-state index contributed by atoms with van der Waals surface area (Å²) in [7, 11) is -3.64. The number of carboxylic acid groups (broad SMARTS) is 1. The van der Waals surface area contributed by atoms with Crippen LogP contribution in [0.2, 0.25) is 0 Å². The molecule has 0 spiro atoms. The van der Waals surface area contributed by atoms with Gasteiger partial charge in [0.15, 0.2) is 0 Å². The Balaban J connectivity index is 2.68. The van der Waals surface area contributed by atoms with Crippen LogP contribution in [0.15, 0.2) is 28.7 Å². The number of halogens is 1. The first kappa shape index (κ1) is 18.1. The number of benzene rings is 1. The third kappa shape index (κ3) is 6.58. The van der Waals surface area contributed by atoms with Gasteiger partial charge in [0.25, 0.3) is 0 Å². The molecule has 1 atom stereocenters. The normalized spacial score (nSPS) is 13.3. The van der Waals surface area contributed by atoms with E-state index in [4.69, 9.17) is 5.11 Å². The Morgan fingerprint density at radius 2 is 1.95 bits per heavy atom. The number of nitrogens with one attached hydrogen (secondary N) is 1. The van der Waals surface area contributed by atoms with Crippen LogP contribution in [0.1, 0.15) is 25.8 Å². The summed E-state index contributed by atoms with van der Waals surface area (Å²) in [6, 6.07) is 6.29.